The molecule has 22 heavy (non-hydrogen) atoms. The van der Waals surface area contributed by atoms with Gasteiger partial charge in [-0.3, -0.25) is 0 Å². The van der Waals surface area contributed by atoms with E-state index in [1.54, 1.807) is 0 Å². The molecule has 0 saturated carbocycles. The van der Waals surface area contributed by atoms with E-state index in [9.17, 15) is 0 Å². The summed E-state index contributed by atoms with van der Waals surface area (Å²) in [7, 11) is 0.701. The van der Waals surface area contributed by atoms with Crippen LogP contribution in [0.5, 0.6) is 5.75 Å². The number of para-hydroxylation sites is 2. The third-order valence-corrected chi connectivity index (χ3v) is 3.76. The summed E-state index contributed by atoms with van der Waals surface area (Å²) in [4.78, 5) is 0. The Bertz CT molecular complexity index is 959. The van der Waals surface area contributed by atoms with Crippen LogP contribution in [0.2, 0.25) is 0 Å². The fourth-order valence-electron chi connectivity index (χ4n) is 2.85. The first-order chi connectivity index (χ1) is 10.9. The van der Waals surface area contributed by atoms with Gasteiger partial charge in [-0.25, -0.2) is 0 Å². The molecule has 0 aliphatic carbocycles. The van der Waals surface area contributed by atoms with E-state index < -0.39 is 0 Å². The van der Waals surface area contributed by atoms with Crippen molar-refractivity contribution in [2.24, 2.45) is 0 Å². The smallest absolute Gasteiger partial charge is 0.537 e. The topological polar surface area (TPSA) is 42.6 Å². The average Bonchev–Trinajstić information content (AvgIpc) is 2.94. The van der Waals surface area contributed by atoms with Gasteiger partial charge in [-0.1, -0.05) is 48.5 Å². The van der Waals surface area contributed by atoms with Gasteiger partial charge in [0.05, 0.1) is 0 Å². The Hall–Kier alpha value is -2.72. The summed E-state index contributed by atoms with van der Waals surface area (Å²) in [5.41, 5.74) is 3.61. The molecule has 0 bridgehead atoms. The second-order valence-electron chi connectivity index (χ2n) is 5.00. The minimum Gasteiger partial charge on any atom is -0.537 e. The molecule has 1 N–H and O–H groups in total. The third kappa shape index (κ3) is 1.97. The number of hydrogen-bond acceptors (Lipinski definition) is 3. The Morgan fingerprint density at radius 3 is 2.41 bits per heavy atom. The van der Waals surface area contributed by atoms with Gasteiger partial charge in [-0.15, -0.1) is 0 Å². The third-order valence-electron chi connectivity index (χ3n) is 3.76. The number of benzene rings is 3. The molecule has 4 aromatic rings. The van der Waals surface area contributed by atoms with Gasteiger partial charge in [0.25, 0.3) is 0 Å². The van der Waals surface area contributed by atoms with Crippen molar-refractivity contribution in [3.05, 3.63) is 66.7 Å². The molecule has 4 heteroatoms. The van der Waals surface area contributed by atoms with E-state index in [1.807, 2.05) is 66.7 Å². The minimum absolute atomic E-state index is 0.600. The number of rotatable bonds is 3. The van der Waals surface area contributed by atoms with Crippen LogP contribution in [0, 0.1) is 0 Å². The molecule has 0 aliphatic heterocycles. The van der Waals surface area contributed by atoms with Crippen LogP contribution in [0.1, 0.15) is 0 Å². The van der Waals surface area contributed by atoms with E-state index in [-0.39, 0.29) is 0 Å². The largest absolute Gasteiger partial charge is 0.569 e. The second kappa shape index (κ2) is 5.24. The first-order valence-corrected chi connectivity index (χ1v) is 7.00. The summed E-state index contributed by atoms with van der Waals surface area (Å²) < 4.78 is 11.1. The summed E-state index contributed by atoms with van der Waals surface area (Å²) in [6.07, 6.45) is 0. The fraction of sp³-hybridized carbons (Fsp3) is 0. The molecular formula is C18H12BO3. The molecule has 105 valence electrons. The lowest BCUT2D eigenvalue weighted by molar-refractivity contribution is 0.455. The molecule has 1 aromatic heterocycles. The van der Waals surface area contributed by atoms with Gasteiger partial charge in [0.15, 0.2) is 0 Å². The Labute approximate surface area is 128 Å². The predicted molar refractivity (Wildman–Crippen MR) is 87.8 cm³/mol. The molecule has 1 heterocycles. The van der Waals surface area contributed by atoms with Gasteiger partial charge in [0.2, 0.25) is 0 Å². The highest BCUT2D eigenvalue weighted by Crippen LogP contribution is 2.39. The summed E-state index contributed by atoms with van der Waals surface area (Å²) in [5, 5.41) is 11.1. The molecule has 0 aliphatic rings. The molecule has 1 radical (unpaired) electrons. The van der Waals surface area contributed by atoms with Crippen molar-refractivity contribution in [1.29, 1.82) is 0 Å². The van der Waals surface area contributed by atoms with Gasteiger partial charge < -0.3 is 14.1 Å². The van der Waals surface area contributed by atoms with Crippen LogP contribution in [-0.2, 0) is 0 Å². The van der Waals surface area contributed by atoms with E-state index in [4.69, 9.17) is 14.1 Å². The zero-order chi connectivity index (χ0) is 14.9. The molecule has 0 fully saturated rings. The van der Waals surface area contributed by atoms with Crippen molar-refractivity contribution in [2.45, 2.75) is 0 Å². The fourth-order valence-corrected chi connectivity index (χ4v) is 2.85. The summed E-state index contributed by atoms with van der Waals surface area (Å²) in [5.74, 6) is 0.600. The normalized spacial score (nSPS) is 11.0. The number of hydrogen-bond donors (Lipinski definition) is 1. The molecule has 3 nitrogen and oxygen atoms in total. The Kier molecular flexibility index (Phi) is 3.09. The molecule has 3 aromatic carbocycles. The summed E-state index contributed by atoms with van der Waals surface area (Å²) >= 11 is 0. The molecule has 0 unspecified atom stereocenters. The van der Waals surface area contributed by atoms with Gasteiger partial charge >= 0.3 is 7.69 Å². The van der Waals surface area contributed by atoms with Crippen molar-refractivity contribution in [3.8, 4) is 16.9 Å². The summed E-state index contributed by atoms with van der Waals surface area (Å²) in [6.45, 7) is 0. The lowest BCUT2D eigenvalue weighted by atomic mass is 9.98. The van der Waals surface area contributed by atoms with Crippen molar-refractivity contribution < 1.29 is 14.1 Å². The molecule has 4 rings (SSSR count). The van der Waals surface area contributed by atoms with E-state index >= 15 is 0 Å². The zero-order valence-electron chi connectivity index (χ0n) is 11.7. The van der Waals surface area contributed by atoms with Crippen LogP contribution < -0.4 is 4.65 Å². The lowest BCUT2D eigenvalue weighted by Crippen LogP contribution is -2.01. The van der Waals surface area contributed by atoms with Crippen LogP contribution in [-0.4, -0.2) is 12.7 Å². The van der Waals surface area contributed by atoms with E-state index in [1.165, 1.54) is 0 Å². The van der Waals surface area contributed by atoms with Crippen molar-refractivity contribution in [2.75, 3.05) is 0 Å². The highest BCUT2D eigenvalue weighted by Gasteiger charge is 2.14. The van der Waals surface area contributed by atoms with Crippen LogP contribution in [0.25, 0.3) is 33.1 Å². The monoisotopic (exact) mass is 287 g/mol. The quantitative estimate of drug-likeness (QED) is 0.575. The number of furan rings is 1. The van der Waals surface area contributed by atoms with Gasteiger partial charge in [0.1, 0.15) is 16.9 Å². The van der Waals surface area contributed by atoms with Gasteiger partial charge in [-0.2, -0.15) is 0 Å². The van der Waals surface area contributed by atoms with Crippen LogP contribution in [0.4, 0.5) is 0 Å². The first kappa shape index (κ1) is 13.0. The minimum atomic E-state index is 0.600. The maximum absolute atomic E-state index is 8.97. The SMILES string of the molecule is O[B]Oc1ccccc1-c1cccc2oc3ccccc3c12. The summed E-state index contributed by atoms with van der Waals surface area (Å²) in [6, 6.07) is 21.5. The molecule has 0 spiro atoms. The lowest BCUT2D eigenvalue weighted by Gasteiger charge is -2.10. The first-order valence-electron chi connectivity index (χ1n) is 7.00. The molecule has 0 amide bonds. The van der Waals surface area contributed by atoms with Crippen LogP contribution in [0.3, 0.4) is 0 Å². The predicted octanol–water partition coefficient (Wildman–Crippen LogP) is 4.16. The van der Waals surface area contributed by atoms with Crippen LogP contribution >= 0.6 is 0 Å². The van der Waals surface area contributed by atoms with Crippen molar-refractivity contribution >= 4 is 29.6 Å². The van der Waals surface area contributed by atoms with E-state index in [0.717, 1.165) is 33.1 Å². The van der Waals surface area contributed by atoms with Crippen molar-refractivity contribution in [1.82, 2.24) is 0 Å². The average molecular weight is 287 g/mol. The Morgan fingerprint density at radius 2 is 1.50 bits per heavy atom. The van der Waals surface area contributed by atoms with Gasteiger partial charge in [-0.05, 0) is 23.8 Å². The maximum atomic E-state index is 8.97. The second-order valence-corrected chi connectivity index (χ2v) is 5.00. The highest BCUT2D eigenvalue weighted by molar-refractivity contribution is 6.18. The maximum Gasteiger partial charge on any atom is 0.569 e. The molecule has 0 saturated heterocycles. The van der Waals surface area contributed by atoms with E-state index in [2.05, 4.69) is 0 Å². The number of fused-ring (bicyclic) bond motifs is 3. The highest BCUT2D eigenvalue weighted by atomic mass is 16.5. The Balaban J connectivity index is 2.07. The van der Waals surface area contributed by atoms with Crippen LogP contribution in [0.15, 0.2) is 71.1 Å². The molecular weight excluding hydrogens is 275 g/mol. The standard InChI is InChI=1S/C18H12BO3/c20-19-22-16-10-4-1-6-12(16)13-8-5-11-17-18(13)14-7-2-3-9-15(14)21-17/h1-11,20H. The van der Waals surface area contributed by atoms with Crippen molar-refractivity contribution in [3.63, 3.8) is 0 Å². The Morgan fingerprint density at radius 1 is 0.773 bits per heavy atom. The molecule has 0 atom stereocenters. The van der Waals surface area contributed by atoms with E-state index in [0.29, 0.717) is 13.4 Å². The van der Waals surface area contributed by atoms with Gasteiger partial charge in [0, 0.05) is 16.3 Å². The zero-order valence-corrected chi connectivity index (χ0v) is 11.7.